The van der Waals surface area contributed by atoms with Crippen LogP contribution in [0.4, 0.5) is 0 Å². The van der Waals surface area contributed by atoms with E-state index in [0.29, 0.717) is 41.8 Å². The normalized spacial score (nSPS) is 16.7. The van der Waals surface area contributed by atoms with Crippen molar-refractivity contribution in [2.45, 2.75) is 24.8 Å². The zero-order chi connectivity index (χ0) is 13.9. The molecule has 0 radical (unpaired) electrons. The number of para-hydroxylation sites is 1. The highest BCUT2D eigenvalue weighted by atomic mass is 35.5. The Morgan fingerprint density at radius 2 is 2.00 bits per heavy atom. The number of rotatable bonds is 6. The highest BCUT2D eigenvalue weighted by Crippen LogP contribution is 2.33. The lowest BCUT2D eigenvalue weighted by atomic mass is 9.77. The summed E-state index contributed by atoms with van der Waals surface area (Å²) in [6, 6.07) is 5.13. The third-order valence-corrected chi connectivity index (χ3v) is 3.94. The highest BCUT2D eigenvalue weighted by Gasteiger charge is 2.43. The molecule has 1 aliphatic carbocycles. The number of carboxylic acids is 1. The van der Waals surface area contributed by atoms with Gasteiger partial charge in [0.1, 0.15) is 12.1 Å². The van der Waals surface area contributed by atoms with E-state index in [0.717, 1.165) is 6.42 Å². The smallest absolute Gasteiger partial charge is 0.323 e. The maximum absolute atomic E-state index is 11.1. The number of aliphatic carboxylic acids is 1. The summed E-state index contributed by atoms with van der Waals surface area (Å²) in [6.07, 6.45) is 2.26. The van der Waals surface area contributed by atoms with Gasteiger partial charge in [0.25, 0.3) is 0 Å². The van der Waals surface area contributed by atoms with Gasteiger partial charge in [0.05, 0.1) is 10.0 Å². The zero-order valence-electron chi connectivity index (χ0n) is 10.3. The first kappa shape index (κ1) is 14.4. The average Bonchev–Trinajstić information content (AvgIpc) is 2.29. The molecule has 2 N–H and O–H groups in total. The van der Waals surface area contributed by atoms with E-state index in [1.54, 1.807) is 18.2 Å². The summed E-state index contributed by atoms with van der Waals surface area (Å²) in [5, 5.41) is 13.1. The lowest BCUT2D eigenvalue weighted by Gasteiger charge is -2.38. The summed E-state index contributed by atoms with van der Waals surface area (Å²) in [7, 11) is 0. The fraction of sp³-hybridized carbons (Fsp3) is 0.462. The summed E-state index contributed by atoms with van der Waals surface area (Å²) in [5.41, 5.74) is -0.770. The van der Waals surface area contributed by atoms with Crippen LogP contribution in [0.25, 0.3) is 0 Å². The van der Waals surface area contributed by atoms with Gasteiger partial charge in [-0.15, -0.1) is 0 Å². The lowest BCUT2D eigenvalue weighted by molar-refractivity contribution is -0.148. The van der Waals surface area contributed by atoms with Crippen molar-refractivity contribution in [2.24, 2.45) is 0 Å². The minimum atomic E-state index is -0.797. The van der Waals surface area contributed by atoms with Crippen LogP contribution in [0, 0.1) is 0 Å². The van der Waals surface area contributed by atoms with E-state index < -0.39 is 11.5 Å². The van der Waals surface area contributed by atoms with Gasteiger partial charge in [0.15, 0.2) is 5.75 Å². The lowest BCUT2D eigenvalue weighted by Crippen LogP contribution is -2.57. The molecule has 1 aliphatic rings. The fourth-order valence-electron chi connectivity index (χ4n) is 2.06. The third-order valence-electron chi connectivity index (χ3n) is 3.35. The summed E-state index contributed by atoms with van der Waals surface area (Å²) in [5.74, 6) is -0.361. The van der Waals surface area contributed by atoms with Crippen molar-refractivity contribution in [3.8, 4) is 5.75 Å². The van der Waals surface area contributed by atoms with Crippen LogP contribution in [0.1, 0.15) is 19.3 Å². The molecule has 0 heterocycles. The molecule has 0 aliphatic heterocycles. The molecular formula is C13H15Cl2NO3. The molecule has 19 heavy (non-hydrogen) atoms. The predicted octanol–water partition coefficient (Wildman–Crippen LogP) is 2.97. The maximum atomic E-state index is 11.1. The fourth-order valence-corrected chi connectivity index (χ4v) is 2.57. The second-order valence-corrected chi connectivity index (χ2v) is 5.38. The molecule has 0 saturated heterocycles. The molecule has 4 nitrogen and oxygen atoms in total. The van der Waals surface area contributed by atoms with Crippen LogP contribution < -0.4 is 10.1 Å². The van der Waals surface area contributed by atoms with Crippen LogP contribution in [-0.4, -0.2) is 29.8 Å². The molecule has 0 bridgehead atoms. The van der Waals surface area contributed by atoms with Crippen molar-refractivity contribution < 1.29 is 14.6 Å². The van der Waals surface area contributed by atoms with Crippen LogP contribution in [0.2, 0.25) is 10.0 Å². The van der Waals surface area contributed by atoms with E-state index in [1.807, 2.05) is 0 Å². The van der Waals surface area contributed by atoms with Crippen LogP contribution >= 0.6 is 23.2 Å². The Kier molecular flexibility index (Phi) is 4.55. The van der Waals surface area contributed by atoms with Gasteiger partial charge in [-0.25, -0.2) is 0 Å². The number of ether oxygens (including phenoxy) is 1. The van der Waals surface area contributed by atoms with Crippen molar-refractivity contribution in [1.29, 1.82) is 0 Å². The van der Waals surface area contributed by atoms with Gasteiger partial charge in [-0.3, -0.25) is 10.1 Å². The summed E-state index contributed by atoms with van der Waals surface area (Å²) in [6.45, 7) is 0.756. The number of carboxylic acid groups (broad SMARTS) is 1. The Labute approximate surface area is 121 Å². The molecule has 1 aromatic rings. The summed E-state index contributed by atoms with van der Waals surface area (Å²) in [4.78, 5) is 11.1. The molecule has 6 heteroatoms. The molecule has 0 unspecified atom stereocenters. The second kappa shape index (κ2) is 5.99. The number of halogens is 2. The standard InChI is InChI=1S/C13H15Cl2NO3/c14-9-3-1-4-10(15)11(9)19-8-7-16-13(12(17)18)5-2-6-13/h1,3-4,16H,2,5-8H2,(H,17,18). The number of hydrogen-bond donors (Lipinski definition) is 2. The Bertz CT molecular complexity index is 455. The SMILES string of the molecule is O=C(O)C1(NCCOc2c(Cl)cccc2Cl)CCC1. The van der Waals surface area contributed by atoms with E-state index in [4.69, 9.17) is 33.0 Å². The highest BCUT2D eigenvalue weighted by molar-refractivity contribution is 6.37. The third kappa shape index (κ3) is 3.14. The van der Waals surface area contributed by atoms with Crippen LogP contribution in [0.5, 0.6) is 5.75 Å². The maximum Gasteiger partial charge on any atom is 0.323 e. The van der Waals surface area contributed by atoms with E-state index in [9.17, 15) is 4.79 Å². The molecule has 1 fully saturated rings. The van der Waals surface area contributed by atoms with Gasteiger partial charge in [-0.1, -0.05) is 29.3 Å². The van der Waals surface area contributed by atoms with Crippen LogP contribution in [-0.2, 0) is 4.79 Å². The summed E-state index contributed by atoms with van der Waals surface area (Å²) >= 11 is 11.9. The van der Waals surface area contributed by atoms with Gasteiger partial charge < -0.3 is 9.84 Å². The Morgan fingerprint density at radius 1 is 1.37 bits per heavy atom. The minimum Gasteiger partial charge on any atom is -0.489 e. The van der Waals surface area contributed by atoms with Crippen molar-refractivity contribution in [3.05, 3.63) is 28.2 Å². The van der Waals surface area contributed by atoms with Crippen LogP contribution in [0.3, 0.4) is 0 Å². The minimum absolute atomic E-state index is 0.318. The second-order valence-electron chi connectivity index (χ2n) is 4.57. The molecule has 1 saturated carbocycles. The molecule has 1 aromatic carbocycles. The first-order valence-corrected chi connectivity index (χ1v) is 6.86. The van der Waals surface area contributed by atoms with Crippen molar-refractivity contribution >= 4 is 29.2 Å². The molecule has 0 atom stereocenters. The molecule has 0 spiro atoms. The van der Waals surface area contributed by atoms with Gasteiger partial charge in [0, 0.05) is 6.54 Å². The number of benzene rings is 1. The van der Waals surface area contributed by atoms with E-state index in [-0.39, 0.29) is 0 Å². The predicted molar refractivity (Wildman–Crippen MR) is 74.2 cm³/mol. The van der Waals surface area contributed by atoms with Crippen LogP contribution in [0.15, 0.2) is 18.2 Å². The average molecular weight is 304 g/mol. The van der Waals surface area contributed by atoms with E-state index >= 15 is 0 Å². The first-order valence-electron chi connectivity index (χ1n) is 6.10. The monoisotopic (exact) mass is 303 g/mol. The number of nitrogens with one attached hydrogen (secondary N) is 1. The van der Waals surface area contributed by atoms with Crippen molar-refractivity contribution in [2.75, 3.05) is 13.2 Å². The summed E-state index contributed by atoms with van der Waals surface area (Å²) < 4.78 is 5.49. The topological polar surface area (TPSA) is 58.6 Å². The molecule has 104 valence electrons. The van der Waals surface area contributed by atoms with E-state index in [2.05, 4.69) is 5.32 Å². The Morgan fingerprint density at radius 3 is 2.47 bits per heavy atom. The first-order chi connectivity index (χ1) is 9.05. The molecular weight excluding hydrogens is 289 g/mol. The van der Waals surface area contributed by atoms with Gasteiger partial charge in [-0.05, 0) is 31.4 Å². The number of carbonyl (C=O) groups is 1. The number of hydrogen-bond acceptors (Lipinski definition) is 3. The Hall–Kier alpha value is -0.970. The van der Waals surface area contributed by atoms with Crippen molar-refractivity contribution in [3.63, 3.8) is 0 Å². The molecule has 0 aromatic heterocycles. The largest absolute Gasteiger partial charge is 0.489 e. The van der Waals surface area contributed by atoms with Gasteiger partial charge in [0.2, 0.25) is 0 Å². The Balaban J connectivity index is 1.83. The van der Waals surface area contributed by atoms with Gasteiger partial charge >= 0.3 is 5.97 Å². The quantitative estimate of drug-likeness (QED) is 0.793. The zero-order valence-corrected chi connectivity index (χ0v) is 11.8. The van der Waals surface area contributed by atoms with Crippen molar-refractivity contribution in [1.82, 2.24) is 5.32 Å². The molecule has 2 rings (SSSR count). The molecule has 0 amide bonds. The van der Waals surface area contributed by atoms with E-state index in [1.165, 1.54) is 0 Å². The van der Waals surface area contributed by atoms with Gasteiger partial charge in [-0.2, -0.15) is 0 Å².